The van der Waals surface area contributed by atoms with Crippen molar-refractivity contribution >= 4 is 145 Å². The molecule has 4 saturated heterocycles. The number of hydrogen-bond acceptors (Lipinski definition) is 16. The molecule has 4 fully saturated rings. The molecule has 588 valence electrons. The van der Waals surface area contributed by atoms with Gasteiger partial charge in [0, 0.05) is 147 Å². The van der Waals surface area contributed by atoms with Crippen molar-refractivity contribution in [3.05, 3.63) is 191 Å². The Bertz CT molecular complexity index is 6690. The van der Waals surface area contributed by atoms with E-state index in [2.05, 4.69) is 140 Å². The highest BCUT2D eigenvalue weighted by Gasteiger charge is 2.32. The molecular formula is C92H94F2N20O2. The molecule has 20 rings (SSSR count). The molecule has 8 atom stereocenters. The third-order valence-corrected chi connectivity index (χ3v) is 23.5. The van der Waals surface area contributed by atoms with Crippen molar-refractivity contribution in [1.29, 1.82) is 10.5 Å². The number of rotatable bonds is 6. The van der Waals surface area contributed by atoms with Gasteiger partial charge in [0.1, 0.15) is 34.7 Å². The van der Waals surface area contributed by atoms with Crippen LogP contribution in [-0.4, -0.2) is 136 Å². The molecule has 0 radical (unpaired) electrons. The van der Waals surface area contributed by atoms with Gasteiger partial charge >= 0.3 is 0 Å². The summed E-state index contributed by atoms with van der Waals surface area (Å²) in [4.78, 5) is 72.9. The number of nitrogens with zero attached hydrogens (tertiary/aromatic N) is 18. The summed E-state index contributed by atoms with van der Waals surface area (Å²) < 4.78 is 35.8. The number of amides is 2. The minimum absolute atomic E-state index is 0.135. The number of imidazole rings is 4. The SMILES string of the molecule is CNC(=O)c1cc2c(N3C[C@H](C)C[C@H](C)C3)cc(C)nc2n2c1nc1ccccc12.CNC(=O)c1cc2c(N3C[C@H](C)C[C@H](C)C3)ccnc2n2c1nc1cc(F)c(F)cc12.C[C@@H]1C[C@H](C)CN(c2ccnc3c2cc(C#N)c2nc4ccccc4n23)C1.Cc1cc(N2C[C@H](C)C[C@H](C)C2)c2cc(C#N)c3nc4ccccc4n3c2n1. The molecule has 4 aliphatic heterocycles. The van der Waals surface area contributed by atoms with Gasteiger partial charge in [0.2, 0.25) is 0 Å². The van der Waals surface area contributed by atoms with Crippen molar-refractivity contribution in [3.63, 3.8) is 0 Å². The van der Waals surface area contributed by atoms with Crippen LogP contribution in [0.1, 0.15) is 124 Å². The fourth-order valence-corrected chi connectivity index (χ4v) is 19.3. The van der Waals surface area contributed by atoms with Gasteiger partial charge < -0.3 is 30.2 Å². The molecule has 4 aromatic carbocycles. The van der Waals surface area contributed by atoms with Crippen LogP contribution in [0, 0.1) is 95.5 Å². The zero-order valence-corrected chi connectivity index (χ0v) is 67.6. The van der Waals surface area contributed by atoms with Gasteiger partial charge in [-0.3, -0.25) is 27.2 Å². The second-order valence-electron chi connectivity index (χ2n) is 33.5. The van der Waals surface area contributed by atoms with Crippen LogP contribution in [0.2, 0.25) is 0 Å². The minimum Gasteiger partial charge on any atom is -0.370 e. The average molecular weight is 1550 g/mol. The number of nitriles is 2. The molecule has 12 aromatic heterocycles. The molecule has 0 unspecified atom stereocenters. The monoisotopic (exact) mass is 1550 g/mol. The summed E-state index contributed by atoms with van der Waals surface area (Å²) in [7, 11) is 3.21. The Hall–Kier alpha value is -12.7. The van der Waals surface area contributed by atoms with Gasteiger partial charge in [0.15, 0.2) is 34.2 Å². The lowest BCUT2D eigenvalue weighted by atomic mass is 9.91. The summed E-state index contributed by atoms with van der Waals surface area (Å²) in [5.74, 6) is 2.57. The minimum atomic E-state index is -0.980. The van der Waals surface area contributed by atoms with E-state index in [9.17, 15) is 28.9 Å². The quantitative estimate of drug-likeness (QED) is 0.157. The van der Waals surface area contributed by atoms with Gasteiger partial charge in [-0.25, -0.2) is 48.7 Å². The highest BCUT2D eigenvalue weighted by atomic mass is 19.2. The molecule has 4 aliphatic rings. The number of para-hydroxylation sites is 6. The van der Waals surface area contributed by atoms with Gasteiger partial charge in [0.25, 0.3) is 11.8 Å². The maximum Gasteiger partial charge on any atom is 0.254 e. The van der Waals surface area contributed by atoms with E-state index in [0.717, 1.165) is 165 Å². The van der Waals surface area contributed by atoms with Gasteiger partial charge in [-0.2, -0.15) is 10.5 Å². The summed E-state index contributed by atoms with van der Waals surface area (Å²) in [5, 5.41) is 28.8. The molecule has 0 spiro atoms. The second kappa shape index (κ2) is 30.6. The van der Waals surface area contributed by atoms with Crippen LogP contribution in [0.4, 0.5) is 31.5 Å². The first-order valence-corrected chi connectivity index (χ1v) is 40.5. The van der Waals surface area contributed by atoms with E-state index in [0.29, 0.717) is 103 Å². The first kappa shape index (κ1) is 76.0. The van der Waals surface area contributed by atoms with E-state index in [1.54, 1.807) is 30.8 Å². The van der Waals surface area contributed by atoms with Crippen LogP contribution in [0.3, 0.4) is 0 Å². The average Bonchev–Trinajstić information content (AvgIpc) is 1.56. The highest BCUT2D eigenvalue weighted by Crippen LogP contribution is 2.41. The molecule has 116 heavy (non-hydrogen) atoms. The van der Waals surface area contributed by atoms with Crippen molar-refractivity contribution in [2.75, 3.05) is 86.1 Å². The molecule has 0 aliphatic carbocycles. The summed E-state index contributed by atoms with van der Waals surface area (Å²) >= 11 is 0. The molecule has 22 nitrogen and oxygen atoms in total. The van der Waals surface area contributed by atoms with E-state index in [1.165, 1.54) is 31.4 Å². The van der Waals surface area contributed by atoms with E-state index in [4.69, 9.17) is 19.9 Å². The van der Waals surface area contributed by atoms with E-state index >= 15 is 0 Å². The Balaban J connectivity index is 0.000000111. The summed E-state index contributed by atoms with van der Waals surface area (Å²) in [6.07, 6.45) is 8.54. The van der Waals surface area contributed by atoms with Gasteiger partial charge in [-0.05, 0) is 172 Å². The largest absolute Gasteiger partial charge is 0.370 e. The summed E-state index contributed by atoms with van der Waals surface area (Å²) in [6, 6.07) is 46.9. The predicted octanol–water partition coefficient (Wildman–Crippen LogP) is 17.4. The number of halogens is 2. The maximum absolute atomic E-state index is 14.1. The first-order valence-electron chi connectivity index (χ1n) is 40.5. The lowest BCUT2D eigenvalue weighted by Gasteiger charge is -2.37. The van der Waals surface area contributed by atoms with Crippen LogP contribution in [0.25, 0.3) is 111 Å². The molecule has 0 bridgehead atoms. The first-order chi connectivity index (χ1) is 56.0. The topological polar surface area (TPSA) is 240 Å². The Morgan fingerprint density at radius 3 is 1.06 bits per heavy atom. The molecule has 0 saturated carbocycles. The normalized spacial score (nSPS) is 19.9. The second-order valence-corrected chi connectivity index (χ2v) is 33.5. The van der Waals surface area contributed by atoms with Crippen LogP contribution in [0.15, 0.2) is 146 Å². The Morgan fingerprint density at radius 1 is 0.362 bits per heavy atom. The fourth-order valence-electron chi connectivity index (χ4n) is 19.3. The summed E-state index contributed by atoms with van der Waals surface area (Å²) in [5.41, 5.74) is 20.2. The number of hydrogen-bond donors (Lipinski definition) is 2. The van der Waals surface area contributed by atoms with E-state index < -0.39 is 11.6 Å². The Labute approximate surface area is 670 Å². The number of fused-ring (bicyclic) bond motifs is 20. The number of carbonyl (C=O) groups is 2. The lowest BCUT2D eigenvalue weighted by Crippen LogP contribution is -2.39. The highest BCUT2D eigenvalue weighted by molar-refractivity contribution is 6.09. The number of anilines is 4. The number of aromatic nitrogens is 12. The van der Waals surface area contributed by atoms with E-state index in [-0.39, 0.29) is 17.3 Å². The molecular weight excluding hydrogens is 1460 g/mol. The smallest absolute Gasteiger partial charge is 0.254 e. The molecule has 2 N–H and O–H groups in total. The maximum atomic E-state index is 14.1. The molecule has 16 aromatic rings. The zero-order chi connectivity index (χ0) is 80.8. The Kier molecular flexibility index (Phi) is 20.0. The van der Waals surface area contributed by atoms with Crippen LogP contribution in [-0.2, 0) is 0 Å². The fraction of sp³-hybridized carbons (Fsp3) is 0.348. The number of carbonyl (C=O) groups excluding carboxylic acids is 2. The standard InChI is InChI=1S/C24H27N5O.C23H23F2N5O.C23H23N5.C22H21N5/c1-14-9-15(2)13-28(12-14)21-10-16(3)26-22-17(21)11-18(24(30)25-4)23-27-19-7-5-6-8-20(19)29(22)23;1-12-6-13(2)11-29(10-12)19-4-5-27-21-14(19)7-15(23(31)26-3)22-28-18-8-16(24)17(25)9-20(18)30(21)22;1-14-8-15(2)13-27(12-14)21-9-16(3)25-23-18(21)10-17(11-24)22-26-19-6-4-5-7-20(19)28(22)23;1-14-9-15(2)13-26(12-14)19-7-8-24-22-17(19)10-16(11-23)21-25-18-5-3-4-6-20(18)27(21)22/h5-8,10-11,14-15H,9,12-13H2,1-4H3,(H,25,30);4-5,7-9,12-13H,6,10-11H2,1-3H3,(H,26,31);4-7,9-10,14-15H,8,12-13H2,1-3H3;3-8,10,14-15H,9,12-13H2,1-2H3/t14-,15+;12-,13+;2*14-,15+. The third kappa shape index (κ3) is 13.7. The van der Waals surface area contributed by atoms with Gasteiger partial charge in [-0.1, -0.05) is 91.8 Å². The number of nitrogens with one attached hydrogen (secondary N) is 2. The van der Waals surface area contributed by atoms with Crippen LogP contribution >= 0.6 is 0 Å². The number of piperidine rings is 4. The number of pyridine rings is 8. The van der Waals surface area contributed by atoms with Crippen molar-refractivity contribution < 1.29 is 18.4 Å². The molecule has 24 heteroatoms. The number of benzene rings is 4. The Morgan fingerprint density at radius 2 is 0.672 bits per heavy atom. The van der Waals surface area contributed by atoms with Gasteiger partial charge in [-0.15, -0.1) is 0 Å². The van der Waals surface area contributed by atoms with Crippen molar-refractivity contribution in [2.45, 2.75) is 94.9 Å². The van der Waals surface area contributed by atoms with E-state index in [1.807, 2.05) is 126 Å². The van der Waals surface area contributed by atoms with Crippen molar-refractivity contribution in [3.8, 4) is 12.1 Å². The lowest BCUT2D eigenvalue weighted by molar-refractivity contribution is 0.0956. The van der Waals surface area contributed by atoms with Crippen LogP contribution < -0.4 is 30.2 Å². The van der Waals surface area contributed by atoms with Gasteiger partial charge in [0.05, 0.1) is 66.4 Å². The third-order valence-electron chi connectivity index (χ3n) is 23.5. The summed E-state index contributed by atoms with van der Waals surface area (Å²) in [6.45, 7) is 30.4. The predicted molar refractivity (Wildman–Crippen MR) is 458 cm³/mol. The van der Waals surface area contributed by atoms with Crippen molar-refractivity contribution in [2.24, 2.45) is 47.3 Å². The van der Waals surface area contributed by atoms with Crippen LogP contribution in [0.5, 0.6) is 0 Å². The molecule has 16 heterocycles. The number of aryl methyl sites for hydroxylation is 2. The van der Waals surface area contributed by atoms with Crippen molar-refractivity contribution in [1.82, 2.24) is 68.1 Å². The molecule has 2 amide bonds. The zero-order valence-electron chi connectivity index (χ0n) is 67.6.